The van der Waals surface area contributed by atoms with Crippen molar-refractivity contribution >= 4 is 27.7 Å². The van der Waals surface area contributed by atoms with E-state index < -0.39 is 6.04 Å². The second-order valence-corrected chi connectivity index (χ2v) is 9.48. The van der Waals surface area contributed by atoms with Crippen molar-refractivity contribution in [2.75, 3.05) is 6.61 Å². The van der Waals surface area contributed by atoms with Crippen molar-refractivity contribution in [3.05, 3.63) is 63.6 Å². The largest absolute Gasteiger partial charge is 0.484 e. The average Bonchev–Trinajstić information content (AvgIpc) is 2.65. The Kier molecular flexibility index (Phi) is 8.07. The van der Waals surface area contributed by atoms with Gasteiger partial charge in [0.2, 0.25) is 5.91 Å². The Morgan fingerprint density at radius 3 is 2.43 bits per heavy atom. The molecule has 0 saturated carbocycles. The molecule has 1 N–H and O–H groups in total. The van der Waals surface area contributed by atoms with Gasteiger partial charge in [-0.3, -0.25) is 9.59 Å². The molecule has 2 aromatic rings. The summed E-state index contributed by atoms with van der Waals surface area (Å²) in [6, 6.07) is 12.9. The van der Waals surface area contributed by atoms with Gasteiger partial charge in [0.1, 0.15) is 11.8 Å². The van der Waals surface area contributed by atoms with Crippen LogP contribution in [0.2, 0.25) is 0 Å². The molecule has 0 aliphatic carbocycles. The number of halogens is 1. The zero-order valence-corrected chi connectivity index (χ0v) is 20.2. The van der Waals surface area contributed by atoms with Crippen LogP contribution in [0.5, 0.6) is 5.75 Å². The van der Waals surface area contributed by atoms with E-state index in [1.807, 2.05) is 77.1 Å². The lowest BCUT2D eigenvalue weighted by Gasteiger charge is -2.31. The normalized spacial score (nSPS) is 12.2. The zero-order chi connectivity index (χ0) is 22.5. The van der Waals surface area contributed by atoms with Gasteiger partial charge in [-0.05, 0) is 70.9 Å². The van der Waals surface area contributed by atoms with Gasteiger partial charge in [0.15, 0.2) is 6.61 Å². The summed E-state index contributed by atoms with van der Waals surface area (Å²) in [6.07, 6.45) is 0. The maximum atomic E-state index is 13.1. The fraction of sp³-hybridized carbons (Fsp3) is 0.417. The van der Waals surface area contributed by atoms with E-state index in [4.69, 9.17) is 4.74 Å². The predicted molar refractivity (Wildman–Crippen MR) is 123 cm³/mol. The van der Waals surface area contributed by atoms with E-state index in [0.717, 1.165) is 21.2 Å². The molecule has 0 radical (unpaired) electrons. The van der Waals surface area contributed by atoms with Crippen LogP contribution in [0.25, 0.3) is 0 Å². The second-order valence-electron chi connectivity index (χ2n) is 8.63. The highest BCUT2D eigenvalue weighted by atomic mass is 79.9. The SMILES string of the molecule is Cc1cccc(CN(C(=O)COc2ccc(Br)c(C)c2)[C@@H](C)C(=O)NC(C)(C)C)c1. The molecule has 0 saturated heterocycles. The van der Waals surface area contributed by atoms with E-state index in [-0.39, 0.29) is 24.0 Å². The van der Waals surface area contributed by atoms with Crippen molar-refractivity contribution in [2.24, 2.45) is 0 Å². The summed E-state index contributed by atoms with van der Waals surface area (Å²) in [7, 11) is 0. The summed E-state index contributed by atoms with van der Waals surface area (Å²) in [5.41, 5.74) is 2.72. The molecule has 0 bridgehead atoms. The van der Waals surface area contributed by atoms with Gasteiger partial charge in [0, 0.05) is 16.6 Å². The highest BCUT2D eigenvalue weighted by Crippen LogP contribution is 2.22. The maximum absolute atomic E-state index is 13.1. The molecule has 162 valence electrons. The Hall–Kier alpha value is -2.34. The number of ether oxygens (including phenoxy) is 1. The molecule has 5 nitrogen and oxygen atoms in total. The van der Waals surface area contributed by atoms with Gasteiger partial charge in [-0.25, -0.2) is 0 Å². The van der Waals surface area contributed by atoms with E-state index in [1.54, 1.807) is 11.8 Å². The van der Waals surface area contributed by atoms with Crippen molar-refractivity contribution in [2.45, 2.75) is 59.7 Å². The third-order valence-corrected chi connectivity index (χ3v) is 5.48. The topological polar surface area (TPSA) is 58.6 Å². The number of nitrogens with one attached hydrogen (secondary N) is 1. The average molecular weight is 475 g/mol. The number of benzene rings is 2. The van der Waals surface area contributed by atoms with E-state index in [0.29, 0.717) is 12.3 Å². The highest BCUT2D eigenvalue weighted by molar-refractivity contribution is 9.10. The van der Waals surface area contributed by atoms with Crippen LogP contribution in [0.4, 0.5) is 0 Å². The smallest absolute Gasteiger partial charge is 0.261 e. The third kappa shape index (κ3) is 7.17. The van der Waals surface area contributed by atoms with Crippen LogP contribution in [-0.2, 0) is 16.1 Å². The fourth-order valence-electron chi connectivity index (χ4n) is 3.00. The number of hydrogen-bond acceptors (Lipinski definition) is 3. The van der Waals surface area contributed by atoms with Gasteiger partial charge in [0.05, 0.1) is 0 Å². The molecule has 0 fully saturated rings. The van der Waals surface area contributed by atoms with Crippen molar-refractivity contribution in [1.29, 1.82) is 0 Å². The second kappa shape index (κ2) is 10.1. The maximum Gasteiger partial charge on any atom is 0.261 e. The molecular formula is C24H31BrN2O3. The Morgan fingerprint density at radius 2 is 1.83 bits per heavy atom. The quantitative estimate of drug-likeness (QED) is 0.628. The number of nitrogens with zero attached hydrogens (tertiary/aromatic N) is 1. The first-order chi connectivity index (χ1) is 14.0. The fourth-order valence-corrected chi connectivity index (χ4v) is 3.25. The number of rotatable bonds is 7. The van der Waals surface area contributed by atoms with Crippen LogP contribution in [0.3, 0.4) is 0 Å². The Balaban J connectivity index is 2.18. The molecule has 0 spiro atoms. The number of aryl methyl sites for hydroxylation is 2. The molecule has 0 aliphatic heterocycles. The number of carbonyl (C=O) groups is 2. The molecular weight excluding hydrogens is 444 g/mol. The number of amides is 2. The zero-order valence-electron chi connectivity index (χ0n) is 18.6. The molecule has 2 amide bonds. The minimum atomic E-state index is -0.632. The van der Waals surface area contributed by atoms with E-state index >= 15 is 0 Å². The molecule has 0 heterocycles. The molecule has 30 heavy (non-hydrogen) atoms. The third-order valence-electron chi connectivity index (χ3n) is 4.59. The Bertz CT molecular complexity index is 906. The predicted octanol–water partition coefficient (Wildman–Crippen LogP) is 4.78. The first-order valence-corrected chi connectivity index (χ1v) is 10.8. The first-order valence-electron chi connectivity index (χ1n) is 10.0. The number of carbonyl (C=O) groups excluding carboxylic acids is 2. The summed E-state index contributed by atoms with van der Waals surface area (Å²) in [4.78, 5) is 27.4. The van der Waals surface area contributed by atoms with Crippen molar-refractivity contribution in [3.63, 3.8) is 0 Å². The minimum absolute atomic E-state index is 0.139. The van der Waals surface area contributed by atoms with Gasteiger partial charge in [0.25, 0.3) is 5.91 Å². The molecule has 2 rings (SSSR count). The van der Waals surface area contributed by atoms with Crippen LogP contribution >= 0.6 is 15.9 Å². The molecule has 0 aromatic heterocycles. The van der Waals surface area contributed by atoms with Crippen LogP contribution < -0.4 is 10.1 Å². The highest BCUT2D eigenvalue weighted by Gasteiger charge is 2.28. The Labute approximate surface area is 187 Å². The van der Waals surface area contributed by atoms with E-state index in [1.165, 1.54) is 0 Å². The summed E-state index contributed by atoms with van der Waals surface area (Å²) < 4.78 is 6.71. The van der Waals surface area contributed by atoms with Crippen molar-refractivity contribution < 1.29 is 14.3 Å². The lowest BCUT2D eigenvalue weighted by Crippen LogP contribution is -2.53. The monoisotopic (exact) mass is 474 g/mol. The van der Waals surface area contributed by atoms with Crippen LogP contribution in [0.15, 0.2) is 46.9 Å². The van der Waals surface area contributed by atoms with Crippen molar-refractivity contribution in [1.82, 2.24) is 10.2 Å². The van der Waals surface area contributed by atoms with Crippen molar-refractivity contribution in [3.8, 4) is 5.75 Å². The molecule has 0 unspecified atom stereocenters. The summed E-state index contributed by atoms with van der Waals surface area (Å²) >= 11 is 3.46. The first kappa shape index (κ1) is 23.9. The molecule has 2 aromatic carbocycles. The lowest BCUT2D eigenvalue weighted by atomic mass is 10.1. The van der Waals surface area contributed by atoms with Crippen LogP contribution in [0.1, 0.15) is 44.4 Å². The minimum Gasteiger partial charge on any atom is -0.484 e. The molecule has 0 aliphatic rings. The summed E-state index contributed by atoms with van der Waals surface area (Å²) in [5, 5.41) is 2.96. The van der Waals surface area contributed by atoms with Gasteiger partial charge in [-0.15, -0.1) is 0 Å². The standard InChI is InChI=1S/C24H31BrN2O3/c1-16-8-7-9-19(12-16)14-27(18(3)23(29)26-24(4,5)6)22(28)15-30-20-10-11-21(25)17(2)13-20/h7-13,18H,14-15H2,1-6H3,(H,26,29)/t18-/m0/s1. The van der Waals surface area contributed by atoms with E-state index in [2.05, 4.69) is 21.2 Å². The Morgan fingerprint density at radius 1 is 1.13 bits per heavy atom. The summed E-state index contributed by atoms with van der Waals surface area (Å²) in [6.45, 7) is 11.7. The van der Waals surface area contributed by atoms with Crippen LogP contribution in [0, 0.1) is 13.8 Å². The van der Waals surface area contributed by atoms with Crippen LogP contribution in [-0.4, -0.2) is 34.9 Å². The summed E-state index contributed by atoms with van der Waals surface area (Å²) in [5.74, 6) is 0.183. The van der Waals surface area contributed by atoms with Gasteiger partial charge in [-0.1, -0.05) is 45.8 Å². The van der Waals surface area contributed by atoms with Gasteiger partial charge >= 0.3 is 0 Å². The number of hydrogen-bond donors (Lipinski definition) is 1. The van der Waals surface area contributed by atoms with Gasteiger partial charge in [-0.2, -0.15) is 0 Å². The van der Waals surface area contributed by atoms with Gasteiger partial charge < -0.3 is 15.0 Å². The molecule has 1 atom stereocenters. The molecule has 6 heteroatoms. The van der Waals surface area contributed by atoms with E-state index in [9.17, 15) is 9.59 Å². The lowest BCUT2D eigenvalue weighted by molar-refractivity contribution is -0.142.